The van der Waals surface area contributed by atoms with E-state index in [2.05, 4.69) is 5.32 Å². The summed E-state index contributed by atoms with van der Waals surface area (Å²) in [5.41, 5.74) is 0. The third-order valence-corrected chi connectivity index (χ3v) is 4.46. The lowest BCUT2D eigenvalue weighted by Crippen LogP contribution is -2.30. The predicted molar refractivity (Wildman–Crippen MR) is 66.4 cm³/mol. The standard InChI is InChI=1S/C13H24ClN/c14-13-7-3-6-12(8-13)10-15-9-11-4-1-2-5-11/h11-13,15H,1-10H2. The summed E-state index contributed by atoms with van der Waals surface area (Å²) in [5.74, 6) is 1.82. The van der Waals surface area contributed by atoms with Gasteiger partial charge in [-0.2, -0.15) is 0 Å². The fraction of sp³-hybridized carbons (Fsp3) is 1.00. The predicted octanol–water partition coefficient (Wildman–Crippen LogP) is 3.56. The van der Waals surface area contributed by atoms with Crippen LogP contribution < -0.4 is 5.32 Å². The van der Waals surface area contributed by atoms with Crippen LogP contribution in [-0.4, -0.2) is 18.5 Å². The quantitative estimate of drug-likeness (QED) is 0.727. The van der Waals surface area contributed by atoms with Crippen LogP contribution >= 0.6 is 11.6 Å². The minimum absolute atomic E-state index is 0.456. The molecule has 2 heteroatoms. The third kappa shape index (κ3) is 3.96. The zero-order valence-corrected chi connectivity index (χ0v) is 10.4. The highest BCUT2D eigenvalue weighted by atomic mass is 35.5. The Morgan fingerprint density at radius 2 is 1.53 bits per heavy atom. The van der Waals surface area contributed by atoms with E-state index in [-0.39, 0.29) is 0 Å². The third-order valence-electron chi connectivity index (χ3n) is 4.06. The SMILES string of the molecule is ClC1CCCC(CNCC2CCCC2)C1. The molecule has 15 heavy (non-hydrogen) atoms. The lowest BCUT2D eigenvalue weighted by molar-refractivity contribution is 0.336. The normalized spacial score (nSPS) is 33.4. The van der Waals surface area contributed by atoms with Crippen LogP contribution in [0.25, 0.3) is 0 Å². The Morgan fingerprint density at radius 1 is 0.867 bits per heavy atom. The molecule has 2 atom stereocenters. The average molecular weight is 230 g/mol. The van der Waals surface area contributed by atoms with E-state index >= 15 is 0 Å². The molecule has 1 N–H and O–H groups in total. The molecule has 0 aromatic carbocycles. The van der Waals surface area contributed by atoms with Crippen molar-refractivity contribution in [1.29, 1.82) is 0 Å². The van der Waals surface area contributed by atoms with Gasteiger partial charge in [0, 0.05) is 5.38 Å². The average Bonchev–Trinajstić information content (AvgIpc) is 2.71. The summed E-state index contributed by atoms with van der Waals surface area (Å²) in [4.78, 5) is 0. The second kappa shape index (κ2) is 6.10. The minimum atomic E-state index is 0.456. The molecule has 2 unspecified atom stereocenters. The molecule has 2 saturated carbocycles. The summed E-state index contributed by atoms with van der Waals surface area (Å²) < 4.78 is 0. The molecule has 0 heterocycles. The smallest absolute Gasteiger partial charge is 0.0339 e. The second-order valence-electron chi connectivity index (χ2n) is 5.44. The number of hydrogen-bond donors (Lipinski definition) is 1. The lowest BCUT2D eigenvalue weighted by atomic mass is 9.89. The van der Waals surface area contributed by atoms with Crippen molar-refractivity contribution in [2.75, 3.05) is 13.1 Å². The number of nitrogens with one attached hydrogen (secondary N) is 1. The van der Waals surface area contributed by atoms with Crippen molar-refractivity contribution in [2.45, 2.75) is 56.7 Å². The molecule has 88 valence electrons. The Morgan fingerprint density at radius 3 is 2.27 bits per heavy atom. The molecule has 0 aliphatic heterocycles. The summed E-state index contributed by atoms with van der Waals surface area (Å²) in [5, 5.41) is 4.11. The van der Waals surface area contributed by atoms with Gasteiger partial charge in [0.25, 0.3) is 0 Å². The largest absolute Gasteiger partial charge is 0.316 e. The van der Waals surface area contributed by atoms with Crippen LogP contribution in [0.15, 0.2) is 0 Å². The summed E-state index contributed by atoms with van der Waals surface area (Å²) in [7, 11) is 0. The second-order valence-corrected chi connectivity index (χ2v) is 6.06. The molecule has 2 rings (SSSR count). The first-order valence-electron chi connectivity index (χ1n) is 6.69. The molecule has 0 aromatic rings. The van der Waals surface area contributed by atoms with Crippen molar-refractivity contribution < 1.29 is 0 Å². The van der Waals surface area contributed by atoms with Crippen molar-refractivity contribution in [3.63, 3.8) is 0 Å². The summed E-state index contributed by atoms with van der Waals surface area (Å²) >= 11 is 6.19. The van der Waals surface area contributed by atoms with Crippen LogP contribution in [0, 0.1) is 11.8 Å². The summed E-state index contributed by atoms with van der Waals surface area (Å²) in [6, 6.07) is 0. The van der Waals surface area contributed by atoms with E-state index in [1.807, 2.05) is 0 Å². The first-order chi connectivity index (χ1) is 7.34. The number of alkyl halides is 1. The Balaban J connectivity index is 1.56. The topological polar surface area (TPSA) is 12.0 Å². The zero-order chi connectivity index (χ0) is 10.5. The highest BCUT2D eigenvalue weighted by Gasteiger charge is 2.20. The fourth-order valence-electron chi connectivity index (χ4n) is 3.12. The van der Waals surface area contributed by atoms with Gasteiger partial charge in [-0.25, -0.2) is 0 Å². The minimum Gasteiger partial charge on any atom is -0.316 e. The van der Waals surface area contributed by atoms with Crippen molar-refractivity contribution in [3.05, 3.63) is 0 Å². The molecule has 0 saturated heterocycles. The molecule has 0 radical (unpaired) electrons. The molecule has 2 fully saturated rings. The molecule has 0 aromatic heterocycles. The van der Waals surface area contributed by atoms with Gasteiger partial charge in [-0.3, -0.25) is 0 Å². The van der Waals surface area contributed by atoms with Gasteiger partial charge >= 0.3 is 0 Å². The van der Waals surface area contributed by atoms with Gasteiger partial charge in [0.1, 0.15) is 0 Å². The van der Waals surface area contributed by atoms with E-state index in [1.165, 1.54) is 64.5 Å². The fourth-order valence-corrected chi connectivity index (χ4v) is 3.52. The highest BCUT2D eigenvalue weighted by Crippen LogP contribution is 2.28. The molecule has 0 bridgehead atoms. The van der Waals surface area contributed by atoms with Crippen molar-refractivity contribution >= 4 is 11.6 Å². The number of halogens is 1. The zero-order valence-electron chi connectivity index (χ0n) is 9.68. The molecular formula is C13H24ClN. The maximum Gasteiger partial charge on any atom is 0.0339 e. The van der Waals surface area contributed by atoms with Crippen LogP contribution in [0.1, 0.15) is 51.4 Å². The van der Waals surface area contributed by atoms with E-state index in [0.717, 1.165) is 11.8 Å². The van der Waals surface area contributed by atoms with Gasteiger partial charge in [0.05, 0.1) is 0 Å². The van der Waals surface area contributed by atoms with E-state index < -0.39 is 0 Å². The van der Waals surface area contributed by atoms with Gasteiger partial charge in [0.2, 0.25) is 0 Å². The highest BCUT2D eigenvalue weighted by molar-refractivity contribution is 6.20. The molecule has 1 nitrogen and oxygen atoms in total. The van der Waals surface area contributed by atoms with Gasteiger partial charge < -0.3 is 5.32 Å². The monoisotopic (exact) mass is 229 g/mol. The van der Waals surface area contributed by atoms with Gasteiger partial charge in [-0.05, 0) is 57.0 Å². The molecule has 0 spiro atoms. The van der Waals surface area contributed by atoms with Crippen LogP contribution in [0.4, 0.5) is 0 Å². The maximum atomic E-state index is 6.19. The number of hydrogen-bond acceptors (Lipinski definition) is 1. The Labute approximate surface area is 99.0 Å². The molecule has 0 amide bonds. The van der Waals surface area contributed by atoms with E-state index in [0.29, 0.717) is 5.38 Å². The van der Waals surface area contributed by atoms with Crippen LogP contribution in [0.2, 0.25) is 0 Å². The van der Waals surface area contributed by atoms with Gasteiger partial charge in [-0.1, -0.05) is 19.3 Å². The van der Waals surface area contributed by atoms with Crippen molar-refractivity contribution in [1.82, 2.24) is 5.32 Å². The van der Waals surface area contributed by atoms with Crippen molar-refractivity contribution in [2.24, 2.45) is 11.8 Å². The molecule has 2 aliphatic carbocycles. The van der Waals surface area contributed by atoms with Gasteiger partial charge in [-0.15, -0.1) is 11.6 Å². The molecule has 2 aliphatic rings. The molecular weight excluding hydrogens is 206 g/mol. The summed E-state index contributed by atoms with van der Waals surface area (Å²) in [6.45, 7) is 2.46. The van der Waals surface area contributed by atoms with E-state index in [9.17, 15) is 0 Å². The van der Waals surface area contributed by atoms with Gasteiger partial charge in [0.15, 0.2) is 0 Å². The Hall–Kier alpha value is 0.250. The lowest BCUT2D eigenvalue weighted by Gasteiger charge is -2.26. The number of rotatable bonds is 4. The van der Waals surface area contributed by atoms with Crippen LogP contribution in [-0.2, 0) is 0 Å². The maximum absolute atomic E-state index is 6.19. The van der Waals surface area contributed by atoms with E-state index in [1.54, 1.807) is 0 Å². The summed E-state index contributed by atoms with van der Waals surface area (Å²) in [6.07, 6.45) is 11.0. The van der Waals surface area contributed by atoms with Crippen molar-refractivity contribution in [3.8, 4) is 0 Å². The first kappa shape index (κ1) is 11.7. The van der Waals surface area contributed by atoms with Crippen LogP contribution in [0.3, 0.4) is 0 Å². The Kier molecular flexibility index (Phi) is 4.77. The van der Waals surface area contributed by atoms with E-state index in [4.69, 9.17) is 11.6 Å². The first-order valence-corrected chi connectivity index (χ1v) is 7.13. The van der Waals surface area contributed by atoms with Crippen LogP contribution in [0.5, 0.6) is 0 Å². The Bertz CT molecular complexity index is 177.